The van der Waals surface area contributed by atoms with E-state index in [-0.39, 0.29) is 17.7 Å². The van der Waals surface area contributed by atoms with Crippen LogP contribution < -0.4 is 10.8 Å². The Morgan fingerprint density at radius 3 is 2.66 bits per heavy atom. The van der Waals surface area contributed by atoms with Crippen molar-refractivity contribution in [2.24, 2.45) is 5.92 Å². The third-order valence-corrected chi connectivity index (χ3v) is 5.10. The number of benzene rings is 2. The summed E-state index contributed by atoms with van der Waals surface area (Å²) in [6, 6.07) is 12.6. The highest BCUT2D eigenvalue weighted by Gasteiger charge is 2.18. The molecule has 2 aromatic rings. The normalized spacial score (nSPS) is 15.1. The van der Waals surface area contributed by atoms with Crippen LogP contribution in [0.1, 0.15) is 58.1 Å². The topological polar surface area (TPSA) is 87.7 Å². The molecule has 1 amide bonds. The van der Waals surface area contributed by atoms with E-state index in [1.54, 1.807) is 24.3 Å². The molecule has 0 bridgehead atoms. The van der Waals surface area contributed by atoms with Crippen LogP contribution in [0, 0.1) is 5.92 Å². The van der Waals surface area contributed by atoms with Crippen molar-refractivity contribution in [3.8, 4) is 0 Å². The average molecular weight is 400 g/mol. The molecule has 0 aromatic heterocycles. The highest BCUT2D eigenvalue weighted by molar-refractivity contribution is 5.99. The van der Waals surface area contributed by atoms with Crippen molar-refractivity contribution < 1.29 is 23.9 Å². The van der Waals surface area contributed by atoms with Crippen LogP contribution in [0.4, 0.5) is 10.1 Å². The van der Waals surface area contributed by atoms with Crippen molar-refractivity contribution in [1.29, 1.82) is 0 Å². The van der Waals surface area contributed by atoms with Gasteiger partial charge in [-0.2, -0.15) is 0 Å². The Balaban J connectivity index is 1.57. The van der Waals surface area contributed by atoms with Crippen molar-refractivity contribution in [2.75, 3.05) is 18.5 Å². The molecule has 1 unspecified atom stereocenters. The zero-order valence-electron chi connectivity index (χ0n) is 16.1. The number of halogens is 1. The summed E-state index contributed by atoms with van der Waals surface area (Å²) in [5.74, 6) is -1.02. The van der Waals surface area contributed by atoms with E-state index in [1.807, 2.05) is 0 Å². The van der Waals surface area contributed by atoms with E-state index in [0.717, 1.165) is 12.8 Å². The minimum Gasteiger partial charge on any atom is -0.478 e. The molecule has 0 aliphatic heterocycles. The van der Waals surface area contributed by atoms with Crippen molar-refractivity contribution in [3.05, 3.63) is 65.2 Å². The molecule has 3 rings (SSSR count). The molecule has 7 heteroatoms. The molecule has 1 atom stereocenters. The third kappa shape index (κ3) is 5.77. The Kier molecular flexibility index (Phi) is 7.19. The van der Waals surface area contributed by atoms with E-state index in [9.17, 15) is 14.0 Å². The van der Waals surface area contributed by atoms with Gasteiger partial charge in [0.25, 0.3) is 5.91 Å². The van der Waals surface area contributed by atoms with E-state index in [0.29, 0.717) is 23.8 Å². The third-order valence-electron chi connectivity index (χ3n) is 5.10. The average Bonchev–Trinajstić information content (AvgIpc) is 3.25. The predicted octanol–water partition coefficient (Wildman–Crippen LogP) is 4.36. The number of anilines is 1. The molecule has 1 saturated carbocycles. The van der Waals surface area contributed by atoms with E-state index < -0.39 is 18.0 Å². The molecule has 1 fully saturated rings. The van der Waals surface area contributed by atoms with Gasteiger partial charge in [0, 0.05) is 5.69 Å². The summed E-state index contributed by atoms with van der Waals surface area (Å²) in [7, 11) is 0. The number of hydroxylamine groups is 1. The molecule has 1 aliphatic carbocycles. The first-order chi connectivity index (χ1) is 14.0. The quantitative estimate of drug-likeness (QED) is 0.545. The molecule has 29 heavy (non-hydrogen) atoms. The summed E-state index contributed by atoms with van der Waals surface area (Å²) in [6.45, 7) is 0.393. The van der Waals surface area contributed by atoms with Crippen molar-refractivity contribution in [2.45, 2.75) is 31.9 Å². The molecule has 0 spiro atoms. The van der Waals surface area contributed by atoms with Gasteiger partial charge in [-0.1, -0.05) is 37.1 Å². The Morgan fingerprint density at radius 1 is 1.14 bits per heavy atom. The number of rotatable bonds is 9. The van der Waals surface area contributed by atoms with Gasteiger partial charge in [-0.25, -0.2) is 14.7 Å². The Labute approximate surface area is 169 Å². The zero-order valence-corrected chi connectivity index (χ0v) is 16.1. The van der Waals surface area contributed by atoms with Gasteiger partial charge in [0.1, 0.15) is 6.17 Å². The fourth-order valence-corrected chi connectivity index (χ4v) is 3.48. The van der Waals surface area contributed by atoms with Crippen LogP contribution in [0.25, 0.3) is 0 Å². The lowest BCUT2D eigenvalue weighted by atomic mass is 10.1. The molecule has 2 aromatic carbocycles. The van der Waals surface area contributed by atoms with Crippen LogP contribution in [0.5, 0.6) is 0 Å². The zero-order chi connectivity index (χ0) is 20.6. The van der Waals surface area contributed by atoms with Gasteiger partial charge in [0.15, 0.2) is 0 Å². The summed E-state index contributed by atoms with van der Waals surface area (Å²) in [4.78, 5) is 28.9. The maximum atomic E-state index is 14.6. The lowest BCUT2D eigenvalue weighted by molar-refractivity contribution is 0.0172. The summed E-state index contributed by atoms with van der Waals surface area (Å²) in [5.41, 5.74) is 3.59. The lowest BCUT2D eigenvalue weighted by Gasteiger charge is -2.15. The van der Waals surface area contributed by atoms with Crippen LogP contribution in [0.2, 0.25) is 0 Å². The van der Waals surface area contributed by atoms with E-state index >= 15 is 0 Å². The van der Waals surface area contributed by atoms with Crippen LogP contribution in [-0.4, -0.2) is 30.1 Å². The summed E-state index contributed by atoms with van der Waals surface area (Å²) < 4.78 is 14.6. The Morgan fingerprint density at radius 2 is 1.90 bits per heavy atom. The second-order valence-corrected chi connectivity index (χ2v) is 7.22. The standard InChI is InChI=1S/C22H25FN2O4/c23-19(16-8-5-9-17(12-16)22(27)28)13-24-20-11-4-3-10-18(20)21(26)25-29-14-15-6-1-2-7-15/h3-5,8-12,15,19,24H,1-2,6-7,13-14H2,(H,25,26)(H,27,28). The minimum atomic E-state index is -1.43. The number of carbonyl (C=O) groups excluding carboxylic acids is 1. The number of hydrogen-bond acceptors (Lipinski definition) is 4. The molecule has 1 aliphatic rings. The fourth-order valence-electron chi connectivity index (χ4n) is 3.48. The van der Waals surface area contributed by atoms with Gasteiger partial charge in [0.2, 0.25) is 0 Å². The highest BCUT2D eigenvalue weighted by atomic mass is 19.1. The molecule has 0 saturated heterocycles. The molecule has 0 radical (unpaired) electrons. The van der Waals surface area contributed by atoms with Gasteiger partial charge in [0.05, 0.1) is 24.3 Å². The second-order valence-electron chi connectivity index (χ2n) is 7.22. The smallest absolute Gasteiger partial charge is 0.335 e. The maximum Gasteiger partial charge on any atom is 0.335 e. The van der Waals surface area contributed by atoms with Crippen molar-refractivity contribution in [1.82, 2.24) is 5.48 Å². The number of carboxylic acids is 1. The molecule has 6 nitrogen and oxygen atoms in total. The lowest BCUT2D eigenvalue weighted by Crippen LogP contribution is -2.27. The van der Waals surface area contributed by atoms with Gasteiger partial charge in [-0.3, -0.25) is 9.63 Å². The number of hydrogen-bond donors (Lipinski definition) is 3. The SMILES string of the molecule is O=C(O)c1cccc(C(F)CNc2ccccc2C(=O)NOCC2CCCC2)c1. The van der Waals surface area contributed by atoms with Crippen LogP contribution in [0.3, 0.4) is 0 Å². The summed E-state index contributed by atoms with van der Waals surface area (Å²) >= 11 is 0. The molecular formula is C22H25FN2O4. The van der Waals surface area contributed by atoms with Gasteiger partial charge in [-0.05, 0) is 48.6 Å². The number of carboxylic acid groups (broad SMARTS) is 1. The summed E-state index contributed by atoms with van der Waals surface area (Å²) in [6.07, 6.45) is 3.22. The Hall–Kier alpha value is -2.93. The van der Waals surface area contributed by atoms with Crippen LogP contribution in [-0.2, 0) is 4.84 Å². The monoisotopic (exact) mass is 400 g/mol. The number of aromatic carboxylic acids is 1. The number of nitrogens with one attached hydrogen (secondary N) is 2. The summed E-state index contributed by atoms with van der Waals surface area (Å²) in [5, 5.41) is 12.0. The fraction of sp³-hybridized carbons (Fsp3) is 0.364. The van der Waals surface area contributed by atoms with Gasteiger partial charge in [-0.15, -0.1) is 0 Å². The van der Waals surface area contributed by atoms with E-state index in [4.69, 9.17) is 9.94 Å². The second kappa shape index (κ2) is 10.0. The maximum absolute atomic E-state index is 14.6. The number of alkyl halides is 1. The highest BCUT2D eigenvalue weighted by Crippen LogP contribution is 2.25. The predicted molar refractivity (Wildman–Crippen MR) is 108 cm³/mol. The number of para-hydroxylation sites is 1. The van der Waals surface area contributed by atoms with Crippen molar-refractivity contribution >= 4 is 17.6 Å². The van der Waals surface area contributed by atoms with Crippen LogP contribution in [0.15, 0.2) is 48.5 Å². The molecule has 3 N–H and O–H groups in total. The largest absolute Gasteiger partial charge is 0.478 e. The van der Waals surface area contributed by atoms with E-state index in [2.05, 4.69) is 10.8 Å². The molecule has 0 heterocycles. The molecule has 154 valence electrons. The number of carbonyl (C=O) groups is 2. The number of amides is 1. The Bertz CT molecular complexity index is 852. The van der Waals surface area contributed by atoms with Gasteiger partial charge >= 0.3 is 5.97 Å². The first kappa shape index (κ1) is 20.8. The molecular weight excluding hydrogens is 375 g/mol. The van der Waals surface area contributed by atoms with Crippen molar-refractivity contribution in [3.63, 3.8) is 0 Å². The first-order valence-corrected chi connectivity index (χ1v) is 9.77. The first-order valence-electron chi connectivity index (χ1n) is 9.77. The van der Waals surface area contributed by atoms with E-state index in [1.165, 1.54) is 37.1 Å². The minimum absolute atomic E-state index is 0.0318. The van der Waals surface area contributed by atoms with Gasteiger partial charge < -0.3 is 10.4 Å². The van der Waals surface area contributed by atoms with Crippen LogP contribution >= 0.6 is 0 Å².